The molecule has 0 aromatic heterocycles. The van der Waals surface area contributed by atoms with Gasteiger partial charge < -0.3 is 38.3 Å². The van der Waals surface area contributed by atoms with Crippen molar-refractivity contribution in [3.05, 3.63) is 0 Å². The molecule has 0 unspecified atom stereocenters. The maximum atomic E-state index is 0. The summed E-state index contributed by atoms with van der Waals surface area (Å²) in [5.74, 6) is 0. The van der Waals surface area contributed by atoms with Crippen LogP contribution in [0.3, 0.4) is 0 Å². The van der Waals surface area contributed by atoms with Crippen LogP contribution in [-0.2, 0) is 77.9 Å². The molecule has 0 aromatic carbocycles. The number of rotatable bonds is 0. The molecule has 0 spiro atoms. The molecular weight excluding hydrogens is 558 g/mol. The van der Waals surface area contributed by atoms with E-state index in [-0.39, 0.29) is 162 Å². The second-order valence-corrected chi connectivity index (χ2v) is 0. The average Bonchev–Trinajstić information content (AvgIpc) is 0. The fourth-order valence-corrected chi connectivity index (χ4v) is 0. The maximum absolute atomic E-state index is 0. The Bertz CT molecular complexity index is 20.5. The molecule has 0 bridgehead atoms. The monoisotopic (exact) mass is 566 g/mol. The van der Waals surface area contributed by atoms with Gasteiger partial charge in [0.1, 0.15) is 0 Å². The predicted octanol–water partition coefficient (Wildman–Crippen LogP) is -6.54. The molecular formula is H14GaInO7Zn4. The van der Waals surface area contributed by atoms with Crippen LogP contribution < -0.4 is 0 Å². The molecule has 6 radical (unpaired) electrons. The molecule has 70 valence electrons. The van der Waals surface area contributed by atoms with Gasteiger partial charge in [-0.15, -0.1) is 0 Å². The molecule has 14 N–H and O–H groups in total. The van der Waals surface area contributed by atoms with Crippen molar-refractivity contribution in [1.29, 1.82) is 0 Å². The summed E-state index contributed by atoms with van der Waals surface area (Å²) in [4.78, 5) is 0. The maximum Gasteiger partial charge on any atom is 0 e. The first-order chi connectivity index (χ1) is 0. The topological polar surface area (TPSA) is 220 Å². The number of hydrogen-bond donors (Lipinski definition) is 0. The minimum atomic E-state index is 0. The standard InChI is InChI=1S/Ga.In.7H2O.4Zn/h;;7*1H2;;;;. The van der Waals surface area contributed by atoms with E-state index < -0.39 is 0 Å². The Hall–Kier alpha value is 3.72. The first kappa shape index (κ1) is 299. The quantitative estimate of drug-likeness (QED) is 0.247. The Morgan fingerprint density at radius 2 is 0.308 bits per heavy atom. The SMILES string of the molecule is O.O.O.O.O.O.O.[Ga].[In].[Zn].[Zn].[Zn].[Zn]. The average molecular weight is 572 g/mol. The Labute approximate surface area is 159 Å². The van der Waals surface area contributed by atoms with Gasteiger partial charge in [-0.3, -0.25) is 0 Å². The van der Waals surface area contributed by atoms with Gasteiger partial charge in [0.2, 0.25) is 0 Å². The Kier molecular flexibility index (Phi) is 5650. The van der Waals surface area contributed by atoms with E-state index in [0.717, 1.165) is 0 Å². The van der Waals surface area contributed by atoms with Crippen LogP contribution in [0.5, 0.6) is 0 Å². The van der Waals surface area contributed by atoms with Crippen molar-refractivity contribution in [3.63, 3.8) is 0 Å². The molecule has 0 fully saturated rings. The van der Waals surface area contributed by atoms with Crippen LogP contribution in [0.2, 0.25) is 0 Å². The second-order valence-electron chi connectivity index (χ2n) is 0. The summed E-state index contributed by atoms with van der Waals surface area (Å²) in [6.45, 7) is 0. The molecule has 7 nitrogen and oxygen atoms in total. The second kappa shape index (κ2) is 246. The largest absolute Gasteiger partial charge is 0.412 e. The first-order valence-corrected chi connectivity index (χ1v) is 0. The van der Waals surface area contributed by atoms with E-state index in [9.17, 15) is 0 Å². The van der Waals surface area contributed by atoms with E-state index >= 15 is 0 Å². The molecule has 0 saturated carbocycles. The van der Waals surface area contributed by atoms with Gasteiger partial charge in [-0.2, -0.15) is 0 Å². The zero-order valence-electron chi connectivity index (χ0n) is 7.48. The Morgan fingerprint density at radius 3 is 0.308 bits per heavy atom. The first-order valence-electron chi connectivity index (χ1n) is 0. The summed E-state index contributed by atoms with van der Waals surface area (Å²) in [6, 6.07) is 0. The van der Waals surface area contributed by atoms with Crippen LogP contribution in [0, 0.1) is 0 Å². The van der Waals surface area contributed by atoms with E-state index in [2.05, 4.69) is 0 Å². The van der Waals surface area contributed by atoms with Crippen molar-refractivity contribution in [1.82, 2.24) is 0 Å². The van der Waals surface area contributed by atoms with E-state index in [1.54, 1.807) is 0 Å². The van der Waals surface area contributed by atoms with Gasteiger partial charge in [0.25, 0.3) is 0 Å². The van der Waals surface area contributed by atoms with E-state index in [0.29, 0.717) is 0 Å². The zero-order valence-corrected chi connectivity index (χ0v) is 25.1. The Morgan fingerprint density at radius 1 is 0.308 bits per heavy atom. The third-order valence-electron chi connectivity index (χ3n) is 0. The molecule has 0 atom stereocenters. The van der Waals surface area contributed by atoms with Gasteiger partial charge in [-0.1, -0.05) is 0 Å². The smallest absolute Gasteiger partial charge is 0 e. The molecule has 0 aromatic rings. The molecule has 0 aliphatic carbocycles. The van der Waals surface area contributed by atoms with Gasteiger partial charge >= 0.3 is 0 Å². The summed E-state index contributed by atoms with van der Waals surface area (Å²) in [6.07, 6.45) is 0. The van der Waals surface area contributed by atoms with Crippen LogP contribution in [0.4, 0.5) is 0 Å². The third-order valence-corrected chi connectivity index (χ3v) is 0. The third kappa shape index (κ3) is 214. The van der Waals surface area contributed by atoms with Crippen LogP contribution in [0.15, 0.2) is 0 Å². The minimum Gasteiger partial charge on any atom is -0.412 e. The Balaban J connectivity index is 0. The van der Waals surface area contributed by atoms with Crippen LogP contribution >= 0.6 is 0 Å². The van der Waals surface area contributed by atoms with Gasteiger partial charge in [0.15, 0.2) is 0 Å². The van der Waals surface area contributed by atoms with E-state index in [4.69, 9.17) is 0 Å². The molecule has 0 aliphatic rings. The summed E-state index contributed by atoms with van der Waals surface area (Å²) in [5, 5.41) is 0. The summed E-state index contributed by atoms with van der Waals surface area (Å²) < 4.78 is 0. The molecule has 13 heteroatoms. The van der Waals surface area contributed by atoms with E-state index in [1.165, 1.54) is 0 Å². The molecule has 0 saturated heterocycles. The number of hydrogen-bond acceptors (Lipinski definition) is 0. The molecule has 0 amide bonds. The normalized spacial score (nSPS) is 0. The predicted molar refractivity (Wildman–Crippen MR) is 36.8 cm³/mol. The molecule has 13 heavy (non-hydrogen) atoms. The van der Waals surface area contributed by atoms with Crippen molar-refractivity contribution in [2.24, 2.45) is 0 Å². The van der Waals surface area contributed by atoms with Crippen molar-refractivity contribution in [2.75, 3.05) is 0 Å². The van der Waals surface area contributed by atoms with Gasteiger partial charge in [0.05, 0.1) is 0 Å². The molecule has 0 aliphatic heterocycles. The van der Waals surface area contributed by atoms with E-state index in [1.807, 2.05) is 0 Å². The van der Waals surface area contributed by atoms with Gasteiger partial charge in [0, 0.05) is 124 Å². The summed E-state index contributed by atoms with van der Waals surface area (Å²) >= 11 is 0. The summed E-state index contributed by atoms with van der Waals surface area (Å²) in [5.41, 5.74) is 0. The minimum absolute atomic E-state index is 0. The molecule has 0 rings (SSSR count). The van der Waals surface area contributed by atoms with Crippen molar-refractivity contribution in [2.45, 2.75) is 0 Å². The fourth-order valence-electron chi connectivity index (χ4n) is 0. The van der Waals surface area contributed by atoms with Crippen molar-refractivity contribution in [3.8, 4) is 0 Å². The van der Waals surface area contributed by atoms with Gasteiger partial charge in [-0.25, -0.2) is 0 Å². The summed E-state index contributed by atoms with van der Waals surface area (Å²) in [7, 11) is 0. The van der Waals surface area contributed by atoms with Crippen molar-refractivity contribution >= 4 is 45.6 Å². The fraction of sp³-hybridized carbons (Fsp3) is 0. The van der Waals surface area contributed by atoms with Crippen LogP contribution in [0.25, 0.3) is 0 Å². The van der Waals surface area contributed by atoms with Crippen molar-refractivity contribution < 1.29 is 116 Å². The van der Waals surface area contributed by atoms with Crippen LogP contribution in [-0.4, -0.2) is 84.0 Å². The molecule has 0 heterocycles. The zero-order chi connectivity index (χ0) is 0. The van der Waals surface area contributed by atoms with Gasteiger partial charge in [-0.05, 0) is 0 Å². The van der Waals surface area contributed by atoms with Crippen LogP contribution in [0.1, 0.15) is 0 Å².